The fourth-order valence-corrected chi connectivity index (χ4v) is 3.45. The maximum absolute atomic E-state index is 12.5. The van der Waals surface area contributed by atoms with Gasteiger partial charge in [-0.1, -0.05) is 24.3 Å². The number of rotatable bonds is 2. The predicted octanol–water partition coefficient (Wildman–Crippen LogP) is 2.43. The summed E-state index contributed by atoms with van der Waals surface area (Å²) in [7, 11) is 2.01. The average Bonchev–Trinajstić information content (AvgIpc) is 3.21. The van der Waals surface area contributed by atoms with Crippen LogP contribution in [0.2, 0.25) is 0 Å². The van der Waals surface area contributed by atoms with E-state index in [1.165, 1.54) is 4.52 Å². The Kier molecular flexibility index (Phi) is 3.31. The van der Waals surface area contributed by atoms with E-state index in [4.69, 9.17) is 0 Å². The molecule has 4 rings (SSSR count). The fraction of sp³-hybridized carbons (Fsp3) is 0.333. The Morgan fingerprint density at radius 2 is 2.09 bits per heavy atom. The van der Waals surface area contributed by atoms with Crippen LogP contribution < -0.4 is 10.9 Å². The minimum absolute atomic E-state index is 0.0679. The zero-order valence-corrected chi connectivity index (χ0v) is 13.4. The maximum atomic E-state index is 12.5. The van der Waals surface area contributed by atoms with E-state index in [-0.39, 0.29) is 11.6 Å². The second-order valence-corrected chi connectivity index (χ2v) is 6.23. The van der Waals surface area contributed by atoms with E-state index in [0.29, 0.717) is 0 Å². The van der Waals surface area contributed by atoms with E-state index in [1.54, 1.807) is 6.07 Å². The highest BCUT2D eigenvalue weighted by Crippen LogP contribution is 2.25. The average molecular weight is 308 g/mol. The SMILES string of the molecule is Cc1ccccc1-c1cc2n(C)c(C3CCCN3)cc(=O)n2n1. The third-order valence-corrected chi connectivity index (χ3v) is 4.74. The molecule has 0 amide bonds. The number of aryl methyl sites for hydroxylation is 2. The first kappa shape index (κ1) is 14.2. The maximum Gasteiger partial charge on any atom is 0.274 e. The molecule has 0 bridgehead atoms. The lowest BCUT2D eigenvalue weighted by molar-refractivity contribution is 0.590. The van der Waals surface area contributed by atoms with Gasteiger partial charge in [-0.2, -0.15) is 9.61 Å². The van der Waals surface area contributed by atoms with Gasteiger partial charge in [0.1, 0.15) is 5.65 Å². The zero-order valence-electron chi connectivity index (χ0n) is 13.4. The summed E-state index contributed by atoms with van der Waals surface area (Å²) < 4.78 is 3.58. The summed E-state index contributed by atoms with van der Waals surface area (Å²) in [6.45, 7) is 3.07. The first-order chi connectivity index (χ1) is 11.1. The van der Waals surface area contributed by atoms with E-state index < -0.39 is 0 Å². The van der Waals surface area contributed by atoms with Gasteiger partial charge in [-0.25, -0.2) is 0 Å². The van der Waals surface area contributed by atoms with E-state index in [9.17, 15) is 4.79 Å². The Bertz CT molecular complexity index is 932. The molecule has 1 aliphatic rings. The molecule has 0 radical (unpaired) electrons. The molecule has 0 saturated carbocycles. The highest BCUT2D eigenvalue weighted by atomic mass is 16.1. The van der Waals surface area contributed by atoms with Crippen LogP contribution in [-0.4, -0.2) is 20.7 Å². The van der Waals surface area contributed by atoms with Gasteiger partial charge < -0.3 is 9.88 Å². The van der Waals surface area contributed by atoms with Crippen molar-refractivity contribution in [1.29, 1.82) is 0 Å². The lowest BCUT2D eigenvalue weighted by Gasteiger charge is -2.16. The Morgan fingerprint density at radius 3 is 2.83 bits per heavy atom. The summed E-state index contributed by atoms with van der Waals surface area (Å²) in [4.78, 5) is 12.5. The molecule has 1 N–H and O–H groups in total. The van der Waals surface area contributed by atoms with Crippen LogP contribution in [0.25, 0.3) is 16.9 Å². The molecule has 1 unspecified atom stereocenters. The number of nitrogens with zero attached hydrogens (tertiary/aromatic N) is 3. The van der Waals surface area contributed by atoms with Crippen LogP contribution in [0, 0.1) is 6.92 Å². The molecule has 3 heterocycles. The van der Waals surface area contributed by atoms with Crippen molar-refractivity contribution in [3.8, 4) is 11.3 Å². The fourth-order valence-electron chi connectivity index (χ4n) is 3.45. The number of nitrogens with one attached hydrogen (secondary N) is 1. The van der Waals surface area contributed by atoms with Crippen molar-refractivity contribution in [2.24, 2.45) is 7.05 Å². The molecule has 3 aromatic rings. The third-order valence-electron chi connectivity index (χ3n) is 4.74. The molecule has 0 spiro atoms. The number of aromatic nitrogens is 3. The van der Waals surface area contributed by atoms with Crippen molar-refractivity contribution in [3.05, 3.63) is 58.0 Å². The van der Waals surface area contributed by atoms with Gasteiger partial charge in [-0.15, -0.1) is 0 Å². The Hall–Kier alpha value is -2.40. The second kappa shape index (κ2) is 5.35. The Labute approximate surface area is 134 Å². The Morgan fingerprint density at radius 1 is 1.26 bits per heavy atom. The molecule has 1 fully saturated rings. The van der Waals surface area contributed by atoms with Crippen LogP contribution in [0.5, 0.6) is 0 Å². The lowest BCUT2D eigenvalue weighted by Crippen LogP contribution is -2.24. The Balaban J connectivity index is 1.92. The molecule has 118 valence electrons. The quantitative estimate of drug-likeness (QED) is 0.791. The standard InChI is InChI=1S/C18H20N4O/c1-12-6-3-4-7-13(12)15-10-17-21(2)16(14-8-5-9-19-14)11-18(23)22(17)20-15/h3-4,6-7,10-11,14,19H,5,8-9H2,1-2H3. The van der Waals surface area contributed by atoms with Crippen LogP contribution in [0.3, 0.4) is 0 Å². The first-order valence-electron chi connectivity index (χ1n) is 8.04. The van der Waals surface area contributed by atoms with E-state index >= 15 is 0 Å². The van der Waals surface area contributed by atoms with Crippen LogP contribution in [-0.2, 0) is 7.05 Å². The molecule has 5 heteroatoms. The minimum Gasteiger partial charge on any atom is -0.331 e. The van der Waals surface area contributed by atoms with Gasteiger partial charge in [-0.05, 0) is 31.9 Å². The summed E-state index contributed by atoms with van der Waals surface area (Å²) in [5.41, 5.74) is 4.87. The summed E-state index contributed by atoms with van der Waals surface area (Å²) in [5, 5.41) is 8.00. The summed E-state index contributed by atoms with van der Waals surface area (Å²) in [6.07, 6.45) is 2.22. The monoisotopic (exact) mass is 308 g/mol. The topological polar surface area (TPSA) is 51.3 Å². The molecule has 2 aromatic heterocycles. The summed E-state index contributed by atoms with van der Waals surface area (Å²) in [6, 6.07) is 12.1. The summed E-state index contributed by atoms with van der Waals surface area (Å²) >= 11 is 0. The molecule has 0 aliphatic carbocycles. The molecule has 23 heavy (non-hydrogen) atoms. The largest absolute Gasteiger partial charge is 0.331 e. The number of hydrogen-bond donors (Lipinski definition) is 1. The number of hydrogen-bond acceptors (Lipinski definition) is 3. The van der Waals surface area contributed by atoms with Crippen molar-refractivity contribution < 1.29 is 0 Å². The molecule has 1 aliphatic heterocycles. The van der Waals surface area contributed by atoms with Crippen molar-refractivity contribution in [1.82, 2.24) is 19.5 Å². The van der Waals surface area contributed by atoms with Gasteiger partial charge in [0.15, 0.2) is 0 Å². The predicted molar refractivity (Wildman–Crippen MR) is 90.6 cm³/mol. The van der Waals surface area contributed by atoms with E-state index in [1.807, 2.05) is 31.3 Å². The minimum atomic E-state index is -0.0679. The van der Waals surface area contributed by atoms with Crippen molar-refractivity contribution in [2.75, 3.05) is 6.54 Å². The number of fused-ring (bicyclic) bond motifs is 1. The molecular weight excluding hydrogens is 288 g/mol. The van der Waals surface area contributed by atoms with Gasteiger partial charge in [0, 0.05) is 36.5 Å². The zero-order chi connectivity index (χ0) is 16.0. The van der Waals surface area contributed by atoms with Crippen LogP contribution in [0.15, 0.2) is 41.2 Å². The van der Waals surface area contributed by atoms with Crippen molar-refractivity contribution in [3.63, 3.8) is 0 Å². The first-order valence-corrected chi connectivity index (χ1v) is 8.04. The summed E-state index contributed by atoms with van der Waals surface area (Å²) in [5.74, 6) is 0. The van der Waals surface area contributed by atoms with Gasteiger partial charge in [0.2, 0.25) is 0 Å². The van der Waals surface area contributed by atoms with Crippen LogP contribution >= 0.6 is 0 Å². The molecule has 1 saturated heterocycles. The molecule has 1 atom stereocenters. The van der Waals surface area contributed by atoms with E-state index in [2.05, 4.69) is 28.0 Å². The highest BCUT2D eigenvalue weighted by molar-refractivity contribution is 5.67. The van der Waals surface area contributed by atoms with Crippen LogP contribution in [0.4, 0.5) is 0 Å². The van der Waals surface area contributed by atoms with Crippen LogP contribution in [0.1, 0.15) is 30.1 Å². The normalized spacial score (nSPS) is 17.9. The van der Waals surface area contributed by atoms with Gasteiger partial charge in [0.25, 0.3) is 5.56 Å². The van der Waals surface area contributed by atoms with Gasteiger partial charge in [0.05, 0.1) is 5.69 Å². The highest BCUT2D eigenvalue weighted by Gasteiger charge is 2.21. The van der Waals surface area contributed by atoms with Gasteiger partial charge in [-0.3, -0.25) is 4.79 Å². The number of benzene rings is 1. The molecular formula is C18H20N4O. The lowest BCUT2D eigenvalue weighted by atomic mass is 10.1. The van der Waals surface area contributed by atoms with Crippen molar-refractivity contribution >= 4 is 5.65 Å². The van der Waals surface area contributed by atoms with E-state index in [0.717, 1.165) is 47.5 Å². The second-order valence-electron chi connectivity index (χ2n) is 6.23. The van der Waals surface area contributed by atoms with Gasteiger partial charge >= 0.3 is 0 Å². The smallest absolute Gasteiger partial charge is 0.274 e. The molecule has 1 aromatic carbocycles. The molecule has 5 nitrogen and oxygen atoms in total. The third kappa shape index (κ3) is 2.28. The van der Waals surface area contributed by atoms with Crippen molar-refractivity contribution in [2.45, 2.75) is 25.8 Å².